The molecule has 1 aromatic rings. The van der Waals surface area contributed by atoms with E-state index in [9.17, 15) is 5.11 Å². The number of hydrogen-bond acceptors (Lipinski definition) is 3. The number of halogens is 1. The molecule has 0 unspecified atom stereocenters. The quantitative estimate of drug-likeness (QED) is 0.896. The second kappa shape index (κ2) is 4.95. The van der Waals surface area contributed by atoms with Gasteiger partial charge in [0, 0.05) is 13.6 Å². The van der Waals surface area contributed by atoms with Crippen LogP contribution in [0, 0.1) is 17.2 Å². The molecule has 90 valence electrons. The van der Waals surface area contributed by atoms with Gasteiger partial charge in [0.1, 0.15) is 0 Å². The van der Waals surface area contributed by atoms with Gasteiger partial charge in [0.2, 0.25) is 0 Å². The van der Waals surface area contributed by atoms with Gasteiger partial charge in [-0.05, 0) is 37.0 Å². The zero-order valence-corrected chi connectivity index (χ0v) is 10.5. The Morgan fingerprint density at radius 3 is 2.76 bits per heavy atom. The SMILES string of the molecule is CN(CC1CC(O)C1)c1ccc(C#N)cc1Cl. The molecule has 1 fully saturated rings. The Labute approximate surface area is 106 Å². The first-order valence-electron chi connectivity index (χ1n) is 5.69. The standard InChI is InChI=1S/C13H15ClN2O/c1-16(8-10-4-11(17)5-10)13-3-2-9(7-15)6-12(13)14/h2-3,6,10-11,17H,4-5,8H2,1H3. The average Bonchev–Trinajstić information content (AvgIpc) is 2.26. The van der Waals surface area contributed by atoms with Crippen LogP contribution in [0.25, 0.3) is 0 Å². The molecule has 0 bridgehead atoms. The summed E-state index contributed by atoms with van der Waals surface area (Å²) in [6.07, 6.45) is 1.63. The zero-order chi connectivity index (χ0) is 12.4. The zero-order valence-electron chi connectivity index (χ0n) is 9.73. The van der Waals surface area contributed by atoms with Gasteiger partial charge >= 0.3 is 0 Å². The number of rotatable bonds is 3. The van der Waals surface area contributed by atoms with Gasteiger partial charge in [-0.15, -0.1) is 0 Å². The average molecular weight is 251 g/mol. The van der Waals surface area contributed by atoms with Crippen LogP contribution in [-0.4, -0.2) is 24.8 Å². The molecule has 1 aliphatic rings. The monoisotopic (exact) mass is 250 g/mol. The lowest BCUT2D eigenvalue weighted by Crippen LogP contribution is -2.37. The summed E-state index contributed by atoms with van der Waals surface area (Å²) in [5.74, 6) is 0.543. The number of hydrogen-bond donors (Lipinski definition) is 1. The molecule has 1 aliphatic carbocycles. The fourth-order valence-corrected chi connectivity index (χ4v) is 2.55. The van der Waals surface area contributed by atoms with Gasteiger partial charge in [-0.2, -0.15) is 5.26 Å². The Kier molecular flexibility index (Phi) is 3.56. The van der Waals surface area contributed by atoms with Gasteiger partial charge in [-0.25, -0.2) is 0 Å². The molecule has 0 aromatic heterocycles. The van der Waals surface area contributed by atoms with Crippen LogP contribution in [0.1, 0.15) is 18.4 Å². The van der Waals surface area contributed by atoms with E-state index in [0.717, 1.165) is 25.1 Å². The van der Waals surface area contributed by atoms with Crippen LogP contribution in [0.5, 0.6) is 0 Å². The van der Waals surface area contributed by atoms with E-state index in [1.165, 1.54) is 0 Å². The maximum absolute atomic E-state index is 9.24. The summed E-state index contributed by atoms with van der Waals surface area (Å²) in [4.78, 5) is 2.08. The third-order valence-electron chi connectivity index (χ3n) is 3.23. The van der Waals surface area contributed by atoms with Crippen molar-refractivity contribution in [3.8, 4) is 6.07 Å². The van der Waals surface area contributed by atoms with Crippen molar-refractivity contribution in [1.82, 2.24) is 0 Å². The minimum absolute atomic E-state index is 0.121. The topological polar surface area (TPSA) is 47.3 Å². The lowest BCUT2D eigenvalue weighted by atomic mass is 9.82. The first-order valence-corrected chi connectivity index (χ1v) is 6.07. The van der Waals surface area contributed by atoms with E-state index >= 15 is 0 Å². The Morgan fingerprint density at radius 2 is 2.24 bits per heavy atom. The lowest BCUT2D eigenvalue weighted by molar-refractivity contribution is 0.0465. The van der Waals surface area contributed by atoms with E-state index in [4.69, 9.17) is 16.9 Å². The molecule has 0 radical (unpaired) electrons. The second-order valence-electron chi connectivity index (χ2n) is 4.65. The van der Waals surface area contributed by atoms with Crippen LogP contribution >= 0.6 is 11.6 Å². The van der Waals surface area contributed by atoms with E-state index in [2.05, 4.69) is 11.0 Å². The van der Waals surface area contributed by atoms with Gasteiger partial charge < -0.3 is 10.0 Å². The third-order valence-corrected chi connectivity index (χ3v) is 3.53. The summed E-state index contributed by atoms with van der Waals surface area (Å²) in [6, 6.07) is 7.39. The molecule has 0 amide bonds. The molecule has 17 heavy (non-hydrogen) atoms. The van der Waals surface area contributed by atoms with Crippen LogP contribution in [0.4, 0.5) is 5.69 Å². The summed E-state index contributed by atoms with van der Waals surface area (Å²) < 4.78 is 0. The van der Waals surface area contributed by atoms with E-state index in [0.29, 0.717) is 16.5 Å². The molecule has 1 aromatic carbocycles. The van der Waals surface area contributed by atoms with E-state index < -0.39 is 0 Å². The summed E-state index contributed by atoms with van der Waals surface area (Å²) >= 11 is 6.13. The normalized spacial score (nSPS) is 22.7. The highest BCUT2D eigenvalue weighted by atomic mass is 35.5. The molecule has 2 rings (SSSR count). The molecule has 0 spiro atoms. The first kappa shape index (κ1) is 12.2. The van der Waals surface area contributed by atoms with Crippen LogP contribution in [-0.2, 0) is 0 Å². The molecule has 1 saturated carbocycles. The van der Waals surface area contributed by atoms with Gasteiger partial charge in [-0.3, -0.25) is 0 Å². The van der Waals surface area contributed by atoms with Crippen molar-refractivity contribution in [3.63, 3.8) is 0 Å². The summed E-state index contributed by atoms with van der Waals surface area (Å²) in [5.41, 5.74) is 1.51. The second-order valence-corrected chi connectivity index (χ2v) is 5.06. The van der Waals surface area contributed by atoms with Crippen molar-refractivity contribution in [2.75, 3.05) is 18.5 Å². The number of benzene rings is 1. The molecular weight excluding hydrogens is 236 g/mol. The Hall–Kier alpha value is -1.24. The molecule has 1 N–H and O–H groups in total. The summed E-state index contributed by atoms with van der Waals surface area (Å²) in [6.45, 7) is 0.892. The lowest BCUT2D eigenvalue weighted by Gasteiger charge is -2.35. The van der Waals surface area contributed by atoms with Crippen molar-refractivity contribution in [2.45, 2.75) is 18.9 Å². The maximum Gasteiger partial charge on any atom is 0.0992 e. The van der Waals surface area contributed by atoms with E-state index in [1.54, 1.807) is 12.1 Å². The van der Waals surface area contributed by atoms with Gasteiger partial charge in [0.25, 0.3) is 0 Å². The predicted molar refractivity (Wildman–Crippen MR) is 68.2 cm³/mol. The number of anilines is 1. The summed E-state index contributed by atoms with van der Waals surface area (Å²) in [5, 5.41) is 18.6. The molecule has 0 atom stereocenters. The van der Waals surface area contributed by atoms with E-state index in [-0.39, 0.29) is 6.10 Å². The largest absolute Gasteiger partial charge is 0.393 e. The van der Waals surface area contributed by atoms with Crippen molar-refractivity contribution in [1.29, 1.82) is 5.26 Å². The number of aliphatic hydroxyl groups is 1. The highest BCUT2D eigenvalue weighted by Crippen LogP contribution is 2.31. The third kappa shape index (κ3) is 2.71. The fraction of sp³-hybridized carbons (Fsp3) is 0.462. The van der Waals surface area contributed by atoms with Crippen LogP contribution in [0.15, 0.2) is 18.2 Å². The number of nitrogens with zero attached hydrogens (tertiary/aromatic N) is 2. The minimum atomic E-state index is -0.121. The Morgan fingerprint density at radius 1 is 1.53 bits per heavy atom. The van der Waals surface area contributed by atoms with Crippen molar-refractivity contribution in [3.05, 3.63) is 28.8 Å². The van der Waals surface area contributed by atoms with Crippen molar-refractivity contribution < 1.29 is 5.11 Å². The van der Waals surface area contributed by atoms with Crippen molar-refractivity contribution in [2.24, 2.45) is 5.92 Å². The van der Waals surface area contributed by atoms with Gasteiger partial charge in [-0.1, -0.05) is 11.6 Å². The van der Waals surface area contributed by atoms with E-state index in [1.807, 2.05) is 13.1 Å². The molecule has 4 heteroatoms. The Bertz CT molecular complexity index is 449. The molecular formula is C13H15ClN2O. The maximum atomic E-state index is 9.24. The minimum Gasteiger partial charge on any atom is -0.393 e. The number of aliphatic hydroxyl groups excluding tert-OH is 1. The Balaban J connectivity index is 2.04. The van der Waals surface area contributed by atoms with Gasteiger partial charge in [0.15, 0.2) is 0 Å². The summed E-state index contributed by atoms with van der Waals surface area (Å²) in [7, 11) is 1.98. The van der Waals surface area contributed by atoms with Crippen LogP contribution in [0.3, 0.4) is 0 Å². The van der Waals surface area contributed by atoms with Crippen LogP contribution < -0.4 is 4.90 Å². The molecule has 0 saturated heterocycles. The number of nitriles is 1. The highest BCUT2D eigenvalue weighted by molar-refractivity contribution is 6.33. The predicted octanol–water partition coefficient (Wildman–Crippen LogP) is 2.42. The van der Waals surface area contributed by atoms with Crippen LogP contribution in [0.2, 0.25) is 5.02 Å². The smallest absolute Gasteiger partial charge is 0.0992 e. The first-order chi connectivity index (χ1) is 8.10. The highest BCUT2D eigenvalue weighted by Gasteiger charge is 2.28. The molecule has 0 aliphatic heterocycles. The van der Waals surface area contributed by atoms with Gasteiger partial charge in [0.05, 0.1) is 28.4 Å². The fourth-order valence-electron chi connectivity index (χ4n) is 2.22. The molecule has 0 heterocycles. The molecule has 3 nitrogen and oxygen atoms in total. The van der Waals surface area contributed by atoms with Crippen molar-refractivity contribution >= 4 is 17.3 Å².